The van der Waals surface area contributed by atoms with Gasteiger partial charge in [-0.25, -0.2) is 0 Å². The number of nitrogens with one attached hydrogen (secondary N) is 2. The van der Waals surface area contributed by atoms with Crippen molar-refractivity contribution in [2.75, 3.05) is 13.1 Å². The first-order valence-electron chi connectivity index (χ1n) is 13.3. The Morgan fingerprint density at radius 3 is 2.50 bits per heavy atom. The van der Waals surface area contributed by atoms with Crippen molar-refractivity contribution in [3.63, 3.8) is 0 Å². The number of benzene rings is 1. The molecule has 2 bridgehead atoms. The molecular formula is C30H36N4O3S. The number of amides is 3. The van der Waals surface area contributed by atoms with Crippen molar-refractivity contribution in [3.05, 3.63) is 64.3 Å². The van der Waals surface area contributed by atoms with E-state index in [0.29, 0.717) is 25.2 Å². The first-order valence-corrected chi connectivity index (χ1v) is 14.1. The summed E-state index contributed by atoms with van der Waals surface area (Å²) < 4.78 is 1.10. The molecule has 1 aromatic carbocycles. The Bertz CT molecular complexity index is 1380. The third-order valence-electron chi connectivity index (χ3n) is 7.47. The maximum atomic E-state index is 13.8. The third-order valence-corrected chi connectivity index (χ3v) is 8.58. The highest BCUT2D eigenvalue weighted by molar-refractivity contribution is 7.20. The van der Waals surface area contributed by atoms with Crippen molar-refractivity contribution < 1.29 is 14.4 Å². The van der Waals surface area contributed by atoms with Crippen LogP contribution in [0.5, 0.6) is 0 Å². The Labute approximate surface area is 227 Å². The van der Waals surface area contributed by atoms with Crippen molar-refractivity contribution in [3.8, 4) is 0 Å². The van der Waals surface area contributed by atoms with E-state index in [9.17, 15) is 14.4 Å². The molecule has 8 heteroatoms. The van der Waals surface area contributed by atoms with Gasteiger partial charge in [-0.05, 0) is 67.3 Å². The number of aromatic amines is 1. The van der Waals surface area contributed by atoms with Crippen LogP contribution >= 0.6 is 11.3 Å². The van der Waals surface area contributed by atoms with E-state index in [1.807, 2.05) is 72.2 Å². The summed E-state index contributed by atoms with van der Waals surface area (Å²) in [5.41, 5.74) is 2.16. The van der Waals surface area contributed by atoms with Gasteiger partial charge >= 0.3 is 0 Å². The number of thiophene rings is 1. The predicted octanol–water partition coefficient (Wildman–Crippen LogP) is 5.23. The quantitative estimate of drug-likeness (QED) is 0.456. The number of carbonyl (C=O) groups excluding carboxylic acids is 3. The van der Waals surface area contributed by atoms with E-state index < -0.39 is 6.04 Å². The second-order valence-corrected chi connectivity index (χ2v) is 12.8. The fourth-order valence-electron chi connectivity index (χ4n) is 5.70. The first-order chi connectivity index (χ1) is 18.0. The summed E-state index contributed by atoms with van der Waals surface area (Å²) in [5, 5.41) is 4.10. The first kappa shape index (κ1) is 26.2. The number of fused-ring (bicyclic) bond motifs is 3. The molecule has 7 nitrogen and oxygen atoms in total. The lowest BCUT2D eigenvalue weighted by Crippen LogP contribution is -2.56. The van der Waals surface area contributed by atoms with Crippen LogP contribution in [-0.2, 0) is 4.79 Å². The van der Waals surface area contributed by atoms with Crippen LogP contribution in [0, 0.1) is 12.3 Å². The molecule has 200 valence electrons. The molecule has 0 spiro atoms. The highest BCUT2D eigenvalue weighted by Gasteiger charge is 2.49. The van der Waals surface area contributed by atoms with E-state index in [4.69, 9.17) is 0 Å². The molecule has 2 N–H and O–H groups in total. The van der Waals surface area contributed by atoms with Crippen LogP contribution in [0.25, 0.3) is 16.2 Å². The lowest BCUT2D eigenvalue weighted by molar-refractivity contribution is -0.136. The van der Waals surface area contributed by atoms with Crippen molar-refractivity contribution in [2.45, 2.75) is 65.6 Å². The van der Waals surface area contributed by atoms with Crippen LogP contribution in [0.1, 0.15) is 72.0 Å². The van der Waals surface area contributed by atoms with Crippen LogP contribution in [0.15, 0.2) is 42.5 Å². The summed E-state index contributed by atoms with van der Waals surface area (Å²) >= 11 is 1.52. The molecule has 2 saturated heterocycles. The second-order valence-electron chi connectivity index (χ2n) is 11.7. The van der Waals surface area contributed by atoms with Gasteiger partial charge in [-0.15, -0.1) is 11.3 Å². The van der Waals surface area contributed by atoms with Crippen molar-refractivity contribution in [1.82, 2.24) is 20.1 Å². The minimum absolute atomic E-state index is 0.00194. The van der Waals surface area contributed by atoms with Gasteiger partial charge in [-0.1, -0.05) is 45.0 Å². The minimum atomic E-state index is -0.637. The second kappa shape index (κ2) is 10.1. The van der Waals surface area contributed by atoms with Crippen LogP contribution in [0.3, 0.4) is 0 Å². The van der Waals surface area contributed by atoms with Crippen molar-refractivity contribution >= 4 is 45.2 Å². The summed E-state index contributed by atoms with van der Waals surface area (Å²) in [6.07, 6.45) is 5.15. The van der Waals surface area contributed by atoms with Crippen molar-refractivity contribution in [1.29, 1.82) is 0 Å². The molecule has 2 fully saturated rings. The molecule has 38 heavy (non-hydrogen) atoms. The highest BCUT2D eigenvalue weighted by Crippen LogP contribution is 2.35. The fourth-order valence-corrected chi connectivity index (χ4v) is 6.72. The normalized spacial score (nSPS) is 20.0. The third kappa shape index (κ3) is 5.14. The van der Waals surface area contributed by atoms with Crippen LogP contribution < -0.4 is 5.32 Å². The molecule has 3 unspecified atom stereocenters. The molecular weight excluding hydrogens is 496 g/mol. The molecule has 4 heterocycles. The van der Waals surface area contributed by atoms with Gasteiger partial charge in [0.1, 0.15) is 11.7 Å². The van der Waals surface area contributed by atoms with Crippen molar-refractivity contribution in [2.24, 2.45) is 5.41 Å². The molecule has 0 saturated carbocycles. The van der Waals surface area contributed by atoms with Gasteiger partial charge in [0.2, 0.25) is 5.91 Å². The number of rotatable bonds is 6. The number of likely N-dealkylation sites (tertiary alicyclic amines) is 2. The molecule has 2 aromatic heterocycles. The predicted molar refractivity (Wildman–Crippen MR) is 152 cm³/mol. The van der Waals surface area contributed by atoms with Crippen LogP contribution in [-0.4, -0.2) is 63.7 Å². The van der Waals surface area contributed by atoms with E-state index in [2.05, 4.69) is 31.1 Å². The number of carbonyl (C=O) groups is 3. The Morgan fingerprint density at radius 2 is 1.84 bits per heavy atom. The molecule has 3 amide bonds. The highest BCUT2D eigenvalue weighted by atomic mass is 32.1. The van der Waals surface area contributed by atoms with Gasteiger partial charge in [0.15, 0.2) is 0 Å². The smallest absolute Gasteiger partial charge is 0.268 e. The van der Waals surface area contributed by atoms with Gasteiger partial charge in [0, 0.05) is 23.5 Å². The van der Waals surface area contributed by atoms with E-state index in [-0.39, 0.29) is 35.2 Å². The topological polar surface area (TPSA) is 85.5 Å². The Morgan fingerprint density at radius 1 is 1.13 bits per heavy atom. The zero-order valence-corrected chi connectivity index (χ0v) is 23.5. The molecule has 0 radical (unpaired) electrons. The Balaban J connectivity index is 1.29. The zero-order valence-electron chi connectivity index (χ0n) is 22.7. The number of allylic oxidation sites excluding steroid dienone is 1. The van der Waals surface area contributed by atoms with Gasteiger partial charge in [0.05, 0.1) is 17.0 Å². The van der Waals surface area contributed by atoms with E-state index in [0.717, 1.165) is 32.6 Å². The monoisotopic (exact) mass is 532 g/mol. The van der Waals surface area contributed by atoms with Gasteiger partial charge in [0.25, 0.3) is 11.8 Å². The maximum Gasteiger partial charge on any atom is 0.268 e. The Hall–Kier alpha value is -3.39. The summed E-state index contributed by atoms with van der Waals surface area (Å²) in [6.45, 7) is 11.1. The number of H-pyrrole nitrogens is 1. The Kier molecular flexibility index (Phi) is 6.94. The average molecular weight is 533 g/mol. The summed E-state index contributed by atoms with van der Waals surface area (Å²) in [7, 11) is 0. The number of aryl methyl sites for hydroxylation is 1. The standard InChI is InChI=1S/C30H36N4O3S/c1-6-9-22-18(2)12-23(31-22)27(35)32-24(15-30(3,4)5)28(36)33-16-21-14-20(33)17-34(21)29(37)26-13-19-10-7-8-11-25(19)38-26/h6-13,20-21,24,31H,14-17H2,1-5H3,(H,32,35). The van der Waals surface area contributed by atoms with Gasteiger partial charge in [-0.2, -0.15) is 0 Å². The average Bonchev–Trinajstić information content (AvgIpc) is 3.65. The molecule has 3 aromatic rings. The number of nitrogens with zero attached hydrogens (tertiary/aromatic N) is 2. The minimum Gasteiger partial charge on any atom is -0.351 e. The molecule has 5 rings (SSSR count). The SMILES string of the molecule is CC=Cc1[nH]c(C(=O)NC(CC(C)(C)C)C(=O)N2CC3CC2CN3C(=O)c2cc3ccccc3s2)cc1C. The number of hydrogen-bond donors (Lipinski definition) is 2. The van der Waals surface area contributed by atoms with Crippen LogP contribution in [0.2, 0.25) is 0 Å². The van der Waals surface area contributed by atoms with E-state index in [1.54, 1.807) is 0 Å². The van der Waals surface area contributed by atoms with Gasteiger partial charge < -0.3 is 20.1 Å². The number of hydrogen-bond acceptors (Lipinski definition) is 4. The van der Waals surface area contributed by atoms with Crippen LogP contribution in [0.4, 0.5) is 0 Å². The molecule has 0 aliphatic carbocycles. The summed E-state index contributed by atoms with van der Waals surface area (Å²) in [4.78, 5) is 48.1. The summed E-state index contributed by atoms with van der Waals surface area (Å²) in [5.74, 6) is -0.298. The summed E-state index contributed by atoms with van der Waals surface area (Å²) in [6, 6.07) is 11.2. The molecule has 3 atom stereocenters. The number of piperazine rings is 1. The van der Waals surface area contributed by atoms with Gasteiger partial charge in [-0.3, -0.25) is 14.4 Å². The number of aromatic nitrogens is 1. The lowest BCUT2D eigenvalue weighted by Gasteiger charge is -2.37. The van der Waals surface area contributed by atoms with E-state index >= 15 is 0 Å². The lowest BCUT2D eigenvalue weighted by atomic mass is 9.87. The largest absolute Gasteiger partial charge is 0.351 e. The molecule has 2 aliphatic heterocycles. The molecule has 2 aliphatic rings. The zero-order chi connectivity index (χ0) is 27.2. The van der Waals surface area contributed by atoms with E-state index in [1.165, 1.54) is 11.3 Å². The fraction of sp³-hybridized carbons (Fsp3) is 0.433. The maximum absolute atomic E-state index is 13.8.